The summed E-state index contributed by atoms with van der Waals surface area (Å²) in [5.74, 6) is 1.01. The number of ether oxygens (including phenoxy) is 1. The molecule has 2 N–H and O–H groups in total. The fraction of sp³-hybridized carbons (Fsp3) is 0.571. The molecule has 1 aromatic carbocycles. The van der Waals surface area contributed by atoms with Crippen LogP contribution >= 0.6 is 15.9 Å². The van der Waals surface area contributed by atoms with E-state index in [1.54, 1.807) is 6.07 Å². The summed E-state index contributed by atoms with van der Waals surface area (Å²) < 4.78 is 33.2. The van der Waals surface area contributed by atoms with Crippen LogP contribution in [-0.4, -0.2) is 32.9 Å². The quantitative estimate of drug-likeness (QED) is 0.823. The Labute approximate surface area is 134 Å². The van der Waals surface area contributed by atoms with Crippen molar-refractivity contribution in [2.75, 3.05) is 25.9 Å². The standard InChI is InChI=1S/C14H21BrN2O3S/c1-9-4-10(2)8-17(7-9)21(18,19)14-6-12(16)11(15)5-13(14)20-3/h5-6,9-10H,4,7-8,16H2,1-3H3. The van der Waals surface area contributed by atoms with E-state index >= 15 is 0 Å². The number of halogens is 1. The molecular formula is C14H21BrN2O3S. The van der Waals surface area contributed by atoms with Crippen molar-refractivity contribution in [3.05, 3.63) is 16.6 Å². The van der Waals surface area contributed by atoms with Gasteiger partial charge in [-0.2, -0.15) is 4.31 Å². The number of anilines is 1. The third-order valence-electron chi connectivity index (χ3n) is 3.74. The third-order valence-corrected chi connectivity index (χ3v) is 6.28. The number of hydrogen-bond acceptors (Lipinski definition) is 4. The molecule has 21 heavy (non-hydrogen) atoms. The summed E-state index contributed by atoms with van der Waals surface area (Å²) in [6.45, 7) is 5.22. The lowest BCUT2D eigenvalue weighted by molar-refractivity contribution is 0.222. The van der Waals surface area contributed by atoms with Gasteiger partial charge in [-0.1, -0.05) is 13.8 Å². The van der Waals surface area contributed by atoms with Gasteiger partial charge in [-0.25, -0.2) is 8.42 Å². The van der Waals surface area contributed by atoms with E-state index in [9.17, 15) is 8.42 Å². The maximum atomic E-state index is 12.9. The zero-order chi connectivity index (χ0) is 15.8. The number of piperidine rings is 1. The lowest BCUT2D eigenvalue weighted by atomic mass is 9.94. The lowest BCUT2D eigenvalue weighted by Gasteiger charge is -2.34. The largest absolute Gasteiger partial charge is 0.495 e. The normalized spacial score (nSPS) is 24.0. The van der Waals surface area contributed by atoms with Crippen LogP contribution in [0.1, 0.15) is 20.3 Å². The third kappa shape index (κ3) is 3.35. The SMILES string of the molecule is COc1cc(Br)c(N)cc1S(=O)(=O)N1CC(C)CC(C)C1. The van der Waals surface area contributed by atoms with Crippen LogP contribution in [0.25, 0.3) is 0 Å². The molecule has 2 unspecified atom stereocenters. The highest BCUT2D eigenvalue weighted by molar-refractivity contribution is 9.10. The molecule has 1 aliphatic rings. The van der Waals surface area contributed by atoms with E-state index in [4.69, 9.17) is 10.5 Å². The van der Waals surface area contributed by atoms with Crippen LogP contribution in [0.15, 0.2) is 21.5 Å². The molecule has 0 saturated carbocycles. The molecule has 118 valence electrons. The maximum absolute atomic E-state index is 12.9. The molecule has 2 rings (SSSR count). The van der Waals surface area contributed by atoms with E-state index in [0.717, 1.165) is 6.42 Å². The average Bonchev–Trinajstić information content (AvgIpc) is 2.40. The van der Waals surface area contributed by atoms with Crippen molar-refractivity contribution >= 4 is 31.6 Å². The molecule has 1 saturated heterocycles. The van der Waals surface area contributed by atoms with Gasteiger partial charge in [0.25, 0.3) is 0 Å². The van der Waals surface area contributed by atoms with Crippen molar-refractivity contribution in [1.29, 1.82) is 0 Å². The van der Waals surface area contributed by atoms with Gasteiger partial charge >= 0.3 is 0 Å². The summed E-state index contributed by atoms with van der Waals surface area (Å²) in [5, 5.41) is 0. The summed E-state index contributed by atoms with van der Waals surface area (Å²) >= 11 is 3.29. The Kier molecular flexibility index (Phi) is 4.85. The van der Waals surface area contributed by atoms with E-state index in [1.165, 1.54) is 17.5 Å². The van der Waals surface area contributed by atoms with Gasteiger partial charge in [0.2, 0.25) is 10.0 Å². The lowest BCUT2D eigenvalue weighted by Crippen LogP contribution is -2.42. The molecule has 0 aromatic heterocycles. The number of benzene rings is 1. The number of nitrogen functional groups attached to an aromatic ring is 1. The van der Waals surface area contributed by atoms with Crippen LogP contribution in [0.4, 0.5) is 5.69 Å². The molecule has 1 fully saturated rings. The number of nitrogens with zero attached hydrogens (tertiary/aromatic N) is 1. The average molecular weight is 377 g/mol. The highest BCUT2D eigenvalue weighted by Crippen LogP contribution is 2.35. The minimum atomic E-state index is -3.60. The number of hydrogen-bond donors (Lipinski definition) is 1. The van der Waals surface area contributed by atoms with Crippen LogP contribution < -0.4 is 10.5 Å². The van der Waals surface area contributed by atoms with Crippen molar-refractivity contribution in [3.63, 3.8) is 0 Å². The first kappa shape index (κ1) is 16.6. The summed E-state index contributed by atoms with van der Waals surface area (Å²) in [6, 6.07) is 3.06. The number of rotatable bonds is 3. The van der Waals surface area contributed by atoms with Gasteiger partial charge in [-0.15, -0.1) is 0 Å². The first-order valence-electron chi connectivity index (χ1n) is 6.88. The highest BCUT2D eigenvalue weighted by atomic mass is 79.9. The molecule has 1 aliphatic heterocycles. The van der Waals surface area contributed by atoms with Gasteiger partial charge in [0.1, 0.15) is 10.6 Å². The number of methoxy groups -OCH3 is 1. The molecule has 1 aromatic rings. The Hall–Kier alpha value is -0.790. The Bertz CT molecular complexity index is 623. The van der Waals surface area contributed by atoms with Gasteiger partial charge in [0, 0.05) is 23.2 Å². The summed E-state index contributed by atoms with van der Waals surface area (Å²) in [5.41, 5.74) is 6.22. The monoisotopic (exact) mass is 376 g/mol. The van der Waals surface area contributed by atoms with Gasteiger partial charge in [-0.05, 0) is 46.3 Å². The second-order valence-corrected chi connectivity index (χ2v) is 8.55. The molecule has 5 nitrogen and oxygen atoms in total. The van der Waals surface area contributed by atoms with E-state index in [0.29, 0.717) is 40.8 Å². The maximum Gasteiger partial charge on any atom is 0.246 e. The van der Waals surface area contributed by atoms with E-state index < -0.39 is 10.0 Å². The van der Waals surface area contributed by atoms with E-state index in [2.05, 4.69) is 29.8 Å². The van der Waals surface area contributed by atoms with Crippen LogP contribution in [0, 0.1) is 11.8 Å². The Balaban J connectivity index is 2.46. The van der Waals surface area contributed by atoms with Gasteiger partial charge in [0.05, 0.1) is 7.11 Å². The molecule has 0 radical (unpaired) electrons. The fourth-order valence-corrected chi connectivity index (χ4v) is 5.03. The predicted octanol–water partition coefficient (Wildman–Crippen LogP) is 2.71. The Morgan fingerprint density at radius 2 is 1.86 bits per heavy atom. The van der Waals surface area contributed by atoms with Gasteiger partial charge in [0.15, 0.2) is 0 Å². The molecule has 0 aliphatic carbocycles. The fourth-order valence-electron chi connectivity index (χ4n) is 2.85. The zero-order valence-corrected chi connectivity index (χ0v) is 14.9. The van der Waals surface area contributed by atoms with Crippen molar-refractivity contribution in [2.45, 2.75) is 25.2 Å². The minimum Gasteiger partial charge on any atom is -0.495 e. The topological polar surface area (TPSA) is 72.6 Å². The van der Waals surface area contributed by atoms with Gasteiger partial charge < -0.3 is 10.5 Å². The van der Waals surface area contributed by atoms with Crippen LogP contribution in [0.3, 0.4) is 0 Å². The molecule has 0 spiro atoms. The highest BCUT2D eigenvalue weighted by Gasteiger charge is 2.33. The second kappa shape index (κ2) is 6.14. The molecule has 1 heterocycles. The van der Waals surface area contributed by atoms with Crippen molar-refractivity contribution in [3.8, 4) is 5.75 Å². The van der Waals surface area contributed by atoms with E-state index in [-0.39, 0.29) is 4.90 Å². The molecular weight excluding hydrogens is 356 g/mol. The minimum absolute atomic E-state index is 0.131. The molecule has 0 amide bonds. The Morgan fingerprint density at radius 1 is 1.29 bits per heavy atom. The van der Waals surface area contributed by atoms with E-state index in [1.807, 2.05) is 0 Å². The molecule has 0 bridgehead atoms. The first-order chi connectivity index (χ1) is 9.75. The zero-order valence-electron chi connectivity index (χ0n) is 12.5. The first-order valence-corrected chi connectivity index (χ1v) is 9.12. The predicted molar refractivity (Wildman–Crippen MR) is 86.8 cm³/mol. The summed E-state index contributed by atoms with van der Waals surface area (Å²) in [6.07, 6.45) is 1.05. The van der Waals surface area contributed by atoms with Crippen LogP contribution in [-0.2, 0) is 10.0 Å². The van der Waals surface area contributed by atoms with Crippen LogP contribution in [0.2, 0.25) is 0 Å². The van der Waals surface area contributed by atoms with Crippen molar-refractivity contribution in [1.82, 2.24) is 4.31 Å². The molecule has 2 atom stereocenters. The summed E-state index contributed by atoms with van der Waals surface area (Å²) in [7, 11) is -2.15. The molecule has 7 heteroatoms. The van der Waals surface area contributed by atoms with Gasteiger partial charge in [-0.3, -0.25) is 0 Å². The number of nitrogens with two attached hydrogens (primary N) is 1. The summed E-state index contributed by atoms with van der Waals surface area (Å²) in [4.78, 5) is 0.131. The Morgan fingerprint density at radius 3 is 2.38 bits per heavy atom. The second-order valence-electron chi connectivity index (χ2n) is 5.79. The number of sulfonamides is 1. The van der Waals surface area contributed by atoms with Crippen molar-refractivity contribution < 1.29 is 13.2 Å². The smallest absolute Gasteiger partial charge is 0.246 e. The van der Waals surface area contributed by atoms with Crippen LogP contribution in [0.5, 0.6) is 5.75 Å². The van der Waals surface area contributed by atoms with Crippen molar-refractivity contribution in [2.24, 2.45) is 11.8 Å².